The van der Waals surface area contributed by atoms with Gasteiger partial charge in [-0.1, -0.05) is 13.8 Å². The summed E-state index contributed by atoms with van der Waals surface area (Å²) in [6.07, 6.45) is 0.551. The molecule has 9 heteroatoms. The summed E-state index contributed by atoms with van der Waals surface area (Å²) in [6.45, 7) is 6.65. The molecule has 0 unspecified atom stereocenters. The third kappa shape index (κ3) is 6.21. The molecule has 2 rings (SSSR count). The second kappa shape index (κ2) is 11.2. The van der Waals surface area contributed by atoms with E-state index in [1.54, 1.807) is 38.3 Å². The Balaban J connectivity index is 2.12. The second-order valence-corrected chi connectivity index (χ2v) is 6.75. The van der Waals surface area contributed by atoms with E-state index in [-0.39, 0.29) is 31.6 Å². The van der Waals surface area contributed by atoms with Crippen LogP contribution in [-0.4, -0.2) is 62.2 Å². The average Bonchev–Trinajstić information content (AvgIpc) is 2.73. The van der Waals surface area contributed by atoms with E-state index in [9.17, 15) is 14.4 Å². The summed E-state index contributed by atoms with van der Waals surface area (Å²) in [4.78, 5) is 38.9. The zero-order valence-electron chi connectivity index (χ0n) is 17.9. The first-order valence-electron chi connectivity index (χ1n) is 10.1. The van der Waals surface area contributed by atoms with Crippen molar-refractivity contribution in [3.63, 3.8) is 0 Å². The van der Waals surface area contributed by atoms with Crippen molar-refractivity contribution in [1.29, 1.82) is 0 Å². The highest BCUT2D eigenvalue weighted by Gasteiger charge is 2.32. The predicted molar refractivity (Wildman–Crippen MR) is 113 cm³/mol. The van der Waals surface area contributed by atoms with Gasteiger partial charge in [0, 0.05) is 17.9 Å². The minimum Gasteiger partial charge on any atom is -0.497 e. The van der Waals surface area contributed by atoms with Gasteiger partial charge in [0.05, 0.1) is 31.9 Å². The van der Waals surface area contributed by atoms with Gasteiger partial charge in [-0.2, -0.15) is 0 Å². The summed E-state index contributed by atoms with van der Waals surface area (Å²) in [6, 6.07) is 6.24. The number of ether oxygens (including phenoxy) is 2. The first-order valence-corrected chi connectivity index (χ1v) is 10.1. The van der Waals surface area contributed by atoms with E-state index in [4.69, 9.17) is 9.47 Å². The number of hydrogen-bond donors (Lipinski definition) is 3. The van der Waals surface area contributed by atoms with Gasteiger partial charge in [0.15, 0.2) is 0 Å². The number of nitrogens with zero attached hydrogens (tertiary/aromatic N) is 1. The fourth-order valence-corrected chi connectivity index (χ4v) is 3.17. The van der Waals surface area contributed by atoms with Crippen LogP contribution >= 0.6 is 0 Å². The number of nitrogens with one attached hydrogen (secondary N) is 3. The van der Waals surface area contributed by atoms with E-state index in [2.05, 4.69) is 16.0 Å². The Morgan fingerprint density at radius 2 is 1.87 bits per heavy atom. The van der Waals surface area contributed by atoms with Crippen molar-refractivity contribution in [2.24, 2.45) is 0 Å². The monoisotopic (exact) mass is 418 g/mol. The van der Waals surface area contributed by atoms with Gasteiger partial charge in [-0.15, -0.1) is 0 Å². The van der Waals surface area contributed by atoms with Gasteiger partial charge < -0.3 is 25.4 Å². The molecule has 0 bridgehead atoms. The highest BCUT2D eigenvalue weighted by molar-refractivity contribution is 5.95. The van der Waals surface area contributed by atoms with Gasteiger partial charge in [0.2, 0.25) is 5.91 Å². The number of carbonyl (C=O) groups is 3. The van der Waals surface area contributed by atoms with Crippen LogP contribution in [0.4, 0.5) is 10.5 Å². The topological polar surface area (TPSA) is 109 Å². The van der Waals surface area contributed by atoms with Crippen LogP contribution < -0.4 is 20.7 Å². The zero-order valence-corrected chi connectivity index (χ0v) is 17.9. The summed E-state index contributed by atoms with van der Waals surface area (Å²) in [5.74, 6) is 0.0342. The van der Waals surface area contributed by atoms with Gasteiger partial charge in [-0.3, -0.25) is 9.69 Å². The fraction of sp³-hybridized carbons (Fsp3) is 0.476. The maximum absolute atomic E-state index is 12.5. The molecule has 1 aliphatic heterocycles. The summed E-state index contributed by atoms with van der Waals surface area (Å²) in [7, 11) is 1.58. The maximum atomic E-state index is 12.5. The third-order valence-electron chi connectivity index (χ3n) is 4.72. The molecule has 1 aliphatic rings. The molecule has 0 saturated carbocycles. The van der Waals surface area contributed by atoms with Crippen molar-refractivity contribution in [2.75, 3.05) is 38.7 Å². The van der Waals surface area contributed by atoms with E-state index >= 15 is 0 Å². The number of likely N-dealkylation sites (N-methyl/N-ethyl adjacent to an activating group) is 1. The Morgan fingerprint density at radius 3 is 2.43 bits per heavy atom. The van der Waals surface area contributed by atoms with E-state index in [1.165, 1.54) is 0 Å². The quantitative estimate of drug-likeness (QED) is 0.501. The molecule has 0 aliphatic carbocycles. The average molecular weight is 418 g/mol. The summed E-state index contributed by atoms with van der Waals surface area (Å²) in [5.41, 5.74) is 1.51. The van der Waals surface area contributed by atoms with Crippen molar-refractivity contribution >= 4 is 23.6 Å². The van der Waals surface area contributed by atoms with E-state index < -0.39 is 12.0 Å². The van der Waals surface area contributed by atoms with Crippen LogP contribution in [0.25, 0.3) is 0 Å². The normalized spacial score (nSPS) is 16.0. The number of carbonyl (C=O) groups excluding carboxylic acids is 3. The molecule has 1 aromatic rings. The molecule has 0 radical (unpaired) electrons. The van der Waals surface area contributed by atoms with Crippen molar-refractivity contribution in [2.45, 2.75) is 33.2 Å². The molecule has 0 aromatic heterocycles. The second-order valence-electron chi connectivity index (χ2n) is 6.75. The van der Waals surface area contributed by atoms with Crippen LogP contribution in [0.15, 0.2) is 35.5 Å². The Hall–Kier alpha value is -3.07. The molecule has 0 saturated heterocycles. The van der Waals surface area contributed by atoms with Gasteiger partial charge in [-0.25, -0.2) is 9.59 Å². The number of methoxy groups -OCH3 is 1. The molecule has 9 nitrogen and oxygen atoms in total. The van der Waals surface area contributed by atoms with Gasteiger partial charge in [0.25, 0.3) is 0 Å². The first-order chi connectivity index (χ1) is 14.4. The van der Waals surface area contributed by atoms with Gasteiger partial charge in [-0.05, 0) is 44.2 Å². The third-order valence-corrected chi connectivity index (χ3v) is 4.72. The Bertz CT molecular complexity index is 791. The number of anilines is 1. The fourth-order valence-electron chi connectivity index (χ4n) is 3.17. The number of benzene rings is 1. The zero-order chi connectivity index (χ0) is 22.1. The highest BCUT2D eigenvalue weighted by Crippen LogP contribution is 2.18. The number of rotatable bonds is 10. The number of amides is 3. The summed E-state index contributed by atoms with van der Waals surface area (Å²) >= 11 is 0. The van der Waals surface area contributed by atoms with Crippen LogP contribution in [0.5, 0.6) is 5.75 Å². The standard InChI is InChI=1S/C21H30N4O5/c1-5-16-19(20(27)30-7-3)17(24-21(28)23-16)12-25(6-2)13-18(26)22-14-8-10-15(29-4)11-9-14/h8-11,16H,5-7,12-13H2,1-4H3,(H,22,26)(H2,23,24,28)/t16-/m0/s1. The van der Waals surface area contributed by atoms with Crippen LogP contribution in [0, 0.1) is 0 Å². The molecular formula is C21H30N4O5. The van der Waals surface area contributed by atoms with Crippen LogP contribution in [0.1, 0.15) is 27.2 Å². The number of esters is 1. The molecule has 30 heavy (non-hydrogen) atoms. The minimum absolute atomic E-state index is 0.0994. The van der Waals surface area contributed by atoms with Crippen LogP contribution in [0.2, 0.25) is 0 Å². The molecule has 3 N–H and O–H groups in total. The lowest BCUT2D eigenvalue weighted by Gasteiger charge is -2.31. The van der Waals surface area contributed by atoms with Crippen molar-refractivity contribution in [3.8, 4) is 5.75 Å². The Kier molecular flexibility index (Phi) is 8.67. The van der Waals surface area contributed by atoms with E-state index in [0.717, 1.165) is 0 Å². The van der Waals surface area contributed by atoms with Crippen molar-refractivity contribution in [3.05, 3.63) is 35.5 Å². The van der Waals surface area contributed by atoms with Crippen molar-refractivity contribution in [1.82, 2.24) is 15.5 Å². The Morgan fingerprint density at radius 1 is 1.17 bits per heavy atom. The molecule has 3 amide bonds. The Labute approximate surface area is 176 Å². The maximum Gasteiger partial charge on any atom is 0.337 e. The highest BCUT2D eigenvalue weighted by atomic mass is 16.5. The lowest BCUT2D eigenvalue weighted by Crippen LogP contribution is -2.52. The molecule has 0 spiro atoms. The van der Waals surface area contributed by atoms with Gasteiger partial charge >= 0.3 is 12.0 Å². The van der Waals surface area contributed by atoms with Crippen LogP contribution in [-0.2, 0) is 14.3 Å². The smallest absolute Gasteiger partial charge is 0.337 e. The molecule has 164 valence electrons. The first kappa shape index (κ1) is 23.2. The lowest BCUT2D eigenvalue weighted by atomic mass is 10.00. The molecule has 1 atom stereocenters. The van der Waals surface area contributed by atoms with E-state index in [1.807, 2.05) is 18.7 Å². The summed E-state index contributed by atoms with van der Waals surface area (Å²) in [5, 5.41) is 8.29. The molecule has 1 heterocycles. The summed E-state index contributed by atoms with van der Waals surface area (Å²) < 4.78 is 10.3. The number of urea groups is 1. The molecule has 1 aromatic carbocycles. The van der Waals surface area contributed by atoms with Crippen molar-refractivity contribution < 1.29 is 23.9 Å². The van der Waals surface area contributed by atoms with Crippen LogP contribution in [0.3, 0.4) is 0 Å². The molecule has 0 fully saturated rings. The lowest BCUT2D eigenvalue weighted by molar-refractivity contribution is -0.139. The van der Waals surface area contributed by atoms with Gasteiger partial charge in [0.1, 0.15) is 5.75 Å². The SMILES string of the molecule is CCOC(=O)C1=C(CN(CC)CC(=O)Nc2ccc(OC)cc2)NC(=O)N[C@H]1CC. The van der Waals surface area contributed by atoms with E-state index in [0.29, 0.717) is 35.7 Å². The molecular weight excluding hydrogens is 388 g/mol. The number of hydrogen-bond acceptors (Lipinski definition) is 6. The predicted octanol–water partition coefficient (Wildman–Crippen LogP) is 1.86. The largest absolute Gasteiger partial charge is 0.497 e. The minimum atomic E-state index is -0.467.